The zero-order valence-electron chi connectivity index (χ0n) is 9.13. The van der Waals surface area contributed by atoms with E-state index < -0.39 is 0 Å². The quantitative estimate of drug-likeness (QED) is 0.772. The summed E-state index contributed by atoms with van der Waals surface area (Å²) in [7, 11) is 0. The SMILES string of the molecule is N=c1c2cc(Br)c(Br)cc2nc2n1CCCC2. The number of rotatable bonds is 0. The number of aryl methyl sites for hydroxylation is 1. The van der Waals surface area contributed by atoms with Crippen LogP contribution in [0, 0.1) is 5.41 Å². The van der Waals surface area contributed by atoms with Gasteiger partial charge in [-0.2, -0.15) is 0 Å². The smallest absolute Gasteiger partial charge is 0.135 e. The Labute approximate surface area is 116 Å². The molecule has 3 rings (SSSR count). The summed E-state index contributed by atoms with van der Waals surface area (Å²) in [4.78, 5) is 4.67. The van der Waals surface area contributed by atoms with Crippen molar-refractivity contribution in [3.63, 3.8) is 0 Å². The van der Waals surface area contributed by atoms with E-state index in [1.807, 2.05) is 16.7 Å². The monoisotopic (exact) mass is 355 g/mol. The zero-order valence-corrected chi connectivity index (χ0v) is 12.3. The Morgan fingerprint density at radius 1 is 1.18 bits per heavy atom. The average molecular weight is 357 g/mol. The van der Waals surface area contributed by atoms with Gasteiger partial charge in [-0.1, -0.05) is 0 Å². The predicted octanol–water partition coefficient (Wildman–Crippen LogP) is 3.38. The molecule has 0 bridgehead atoms. The first-order chi connectivity index (χ1) is 8.16. The normalized spacial score (nSPS) is 14.9. The van der Waals surface area contributed by atoms with Gasteiger partial charge in [-0.3, -0.25) is 5.41 Å². The molecular formula is C12H11Br2N3. The third kappa shape index (κ3) is 1.85. The van der Waals surface area contributed by atoms with Crippen LogP contribution in [0.5, 0.6) is 0 Å². The lowest BCUT2D eigenvalue weighted by molar-refractivity contribution is 0.493. The number of hydrogen-bond donors (Lipinski definition) is 1. The first kappa shape index (κ1) is 11.4. The number of benzene rings is 1. The van der Waals surface area contributed by atoms with Crippen molar-refractivity contribution in [2.75, 3.05) is 0 Å². The van der Waals surface area contributed by atoms with Crippen LogP contribution in [0.15, 0.2) is 21.1 Å². The van der Waals surface area contributed by atoms with Crippen molar-refractivity contribution in [1.29, 1.82) is 5.41 Å². The summed E-state index contributed by atoms with van der Waals surface area (Å²) in [6.07, 6.45) is 3.31. The van der Waals surface area contributed by atoms with Gasteiger partial charge in [0.2, 0.25) is 0 Å². The summed E-state index contributed by atoms with van der Waals surface area (Å²) in [5.74, 6) is 1.04. The molecule has 1 aliphatic rings. The maximum atomic E-state index is 8.27. The minimum absolute atomic E-state index is 0.581. The molecule has 0 radical (unpaired) electrons. The molecule has 3 nitrogen and oxygen atoms in total. The third-order valence-corrected chi connectivity index (χ3v) is 5.00. The largest absolute Gasteiger partial charge is 0.314 e. The van der Waals surface area contributed by atoms with Crippen LogP contribution in [-0.2, 0) is 13.0 Å². The summed E-state index contributed by atoms with van der Waals surface area (Å²) in [6, 6.07) is 3.95. The van der Waals surface area contributed by atoms with Crippen molar-refractivity contribution in [3.8, 4) is 0 Å². The van der Waals surface area contributed by atoms with Crippen LogP contribution in [0.1, 0.15) is 18.7 Å². The maximum Gasteiger partial charge on any atom is 0.135 e. The van der Waals surface area contributed by atoms with Gasteiger partial charge in [-0.25, -0.2) is 4.98 Å². The van der Waals surface area contributed by atoms with Crippen LogP contribution in [0.4, 0.5) is 0 Å². The van der Waals surface area contributed by atoms with Gasteiger partial charge in [0.25, 0.3) is 0 Å². The number of halogens is 2. The van der Waals surface area contributed by atoms with Crippen molar-refractivity contribution < 1.29 is 0 Å². The van der Waals surface area contributed by atoms with E-state index in [0.29, 0.717) is 5.49 Å². The molecule has 88 valence electrons. The fraction of sp³-hybridized carbons (Fsp3) is 0.333. The van der Waals surface area contributed by atoms with Crippen molar-refractivity contribution in [2.45, 2.75) is 25.8 Å². The molecule has 1 N–H and O–H groups in total. The second kappa shape index (κ2) is 4.21. The number of aromatic nitrogens is 2. The molecule has 0 unspecified atom stereocenters. The molecule has 0 saturated carbocycles. The molecule has 1 aliphatic heterocycles. The molecule has 17 heavy (non-hydrogen) atoms. The van der Waals surface area contributed by atoms with Gasteiger partial charge in [-0.15, -0.1) is 0 Å². The van der Waals surface area contributed by atoms with Crippen molar-refractivity contribution >= 4 is 42.8 Å². The Bertz CT molecular complexity index is 661. The highest BCUT2D eigenvalue weighted by Gasteiger charge is 2.13. The van der Waals surface area contributed by atoms with Crippen LogP contribution in [-0.4, -0.2) is 9.55 Å². The van der Waals surface area contributed by atoms with Gasteiger partial charge in [0.15, 0.2) is 0 Å². The third-order valence-electron chi connectivity index (χ3n) is 3.16. The van der Waals surface area contributed by atoms with Crippen LogP contribution in [0.3, 0.4) is 0 Å². The molecule has 5 heteroatoms. The number of hydrogen-bond acceptors (Lipinski definition) is 2. The highest BCUT2D eigenvalue weighted by Crippen LogP contribution is 2.27. The molecule has 0 atom stereocenters. The fourth-order valence-electron chi connectivity index (χ4n) is 2.28. The van der Waals surface area contributed by atoms with Crippen LogP contribution in [0.25, 0.3) is 10.9 Å². The lowest BCUT2D eigenvalue weighted by Gasteiger charge is -2.19. The standard InChI is InChI=1S/C12H11Br2N3/c13-8-5-7-10(6-9(8)14)16-11-3-1-2-4-17(11)12(7)15/h5-6,15H,1-4H2. The fourth-order valence-corrected chi connectivity index (χ4v) is 2.95. The Hall–Kier alpha value is -0.680. The van der Waals surface area contributed by atoms with Gasteiger partial charge in [0, 0.05) is 27.3 Å². The minimum atomic E-state index is 0.581. The second-order valence-corrected chi connectivity index (χ2v) is 5.98. The Kier molecular flexibility index (Phi) is 2.83. The van der Waals surface area contributed by atoms with Crippen LogP contribution < -0.4 is 5.49 Å². The average Bonchev–Trinajstić information content (AvgIpc) is 2.32. The van der Waals surface area contributed by atoms with Crippen molar-refractivity contribution in [3.05, 3.63) is 32.4 Å². The van der Waals surface area contributed by atoms with Crippen LogP contribution in [0.2, 0.25) is 0 Å². The molecule has 0 amide bonds. The van der Waals surface area contributed by atoms with E-state index >= 15 is 0 Å². The Morgan fingerprint density at radius 2 is 1.94 bits per heavy atom. The van der Waals surface area contributed by atoms with E-state index in [4.69, 9.17) is 5.41 Å². The summed E-state index contributed by atoms with van der Waals surface area (Å²) in [5.41, 5.74) is 1.48. The number of nitrogens with zero attached hydrogens (tertiary/aromatic N) is 2. The van der Waals surface area contributed by atoms with Crippen LogP contribution >= 0.6 is 31.9 Å². The van der Waals surface area contributed by atoms with E-state index in [0.717, 1.165) is 45.1 Å². The molecule has 0 fully saturated rings. The van der Waals surface area contributed by atoms with E-state index in [9.17, 15) is 0 Å². The van der Waals surface area contributed by atoms with E-state index in [1.165, 1.54) is 6.42 Å². The van der Waals surface area contributed by atoms with Gasteiger partial charge in [-0.05, 0) is 56.8 Å². The molecule has 0 saturated heterocycles. The van der Waals surface area contributed by atoms with Gasteiger partial charge in [0.1, 0.15) is 11.3 Å². The summed E-state index contributed by atoms with van der Waals surface area (Å²) >= 11 is 6.96. The van der Waals surface area contributed by atoms with Gasteiger partial charge in [0.05, 0.1) is 5.52 Å². The number of nitrogens with one attached hydrogen (secondary N) is 1. The Morgan fingerprint density at radius 3 is 2.76 bits per heavy atom. The highest BCUT2D eigenvalue weighted by molar-refractivity contribution is 9.13. The molecule has 0 aliphatic carbocycles. The molecule has 1 aromatic heterocycles. The molecule has 1 aromatic carbocycles. The van der Waals surface area contributed by atoms with E-state index in [2.05, 4.69) is 36.8 Å². The maximum absolute atomic E-state index is 8.27. The lowest BCUT2D eigenvalue weighted by Crippen LogP contribution is -2.28. The number of fused-ring (bicyclic) bond motifs is 2. The second-order valence-electron chi connectivity index (χ2n) is 4.27. The van der Waals surface area contributed by atoms with E-state index in [1.54, 1.807) is 0 Å². The minimum Gasteiger partial charge on any atom is -0.314 e. The summed E-state index contributed by atoms with van der Waals surface area (Å²) in [5, 5.41) is 9.18. The summed E-state index contributed by atoms with van der Waals surface area (Å²) in [6.45, 7) is 0.921. The predicted molar refractivity (Wildman–Crippen MR) is 73.9 cm³/mol. The topological polar surface area (TPSA) is 41.7 Å². The van der Waals surface area contributed by atoms with Crippen molar-refractivity contribution in [2.24, 2.45) is 0 Å². The first-order valence-electron chi connectivity index (χ1n) is 5.60. The molecular weight excluding hydrogens is 346 g/mol. The van der Waals surface area contributed by atoms with E-state index in [-0.39, 0.29) is 0 Å². The van der Waals surface area contributed by atoms with Crippen molar-refractivity contribution in [1.82, 2.24) is 9.55 Å². The molecule has 2 heterocycles. The highest BCUT2D eigenvalue weighted by atomic mass is 79.9. The molecule has 0 spiro atoms. The first-order valence-corrected chi connectivity index (χ1v) is 7.18. The Balaban J connectivity index is 2.40. The van der Waals surface area contributed by atoms with Gasteiger partial charge >= 0.3 is 0 Å². The van der Waals surface area contributed by atoms with Gasteiger partial charge < -0.3 is 4.57 Å². The zero-order chi connectivity index (χ0) is 12.0. The summed E-state index contributed by atoms with van der Waals surface area (Å²) < 4.78 is 3.99. The molecule has 2 aromatic rings. The lowest BCUT2D eigenvalue weighted by atomic mass is 10.1.